The van der Waals surface area contributed by atoms with Gasteiger partial charge in [0.15, 0.2) is 5.76 Å². The molecule has 1 aromatic carbocycles. The van der Waals surface area contributed by atoms with Gasteiger partial charge in [0.05, 0.1) is 0 Å². The summed E-state index contributed by atoms with van der Waals surface area (Å²) >= 11 is 0. The fraction of sp³-hybridized carbons (Fsp3) is 0.0667. The zero-order valence-corrected chi connectivity index (χ0v) is 10.2. The van der Waals surface area contributed by atoms with E-state index in [2.05, 4.69) is 4.98 Å². The number of aryl methyl sites for hydroxylation is 1. The number of hydrogen-bond acceptors (Lipinski definition) is 3. The second-order valence-corrected chi connectivity index (χ2v) is 4.31. The summed E-state index contributed by atoms with van der Waals surface area (Å²) in [4.78, 5) is 16.2. The highest BCUT2D eigenvalue weighted by atomic mass is 19.1. The topological polar surface area (TPSA) is 43.1 Å². The van der Waals surface area contributed by atoms with Gasteiger partial charge >= 0.3 is 0 Å². The molecular weight excluding hydrogens is 245 g/mol. The quantitative estimate of drug-likeness (QED) is 0.658. The van der Waals surface area contributed by atoms with Gasteiger partial charge < -0.3 is 4.42 Å². The molecule has 2 heterocycles. The van der Waals surface area contributed by atoms with E-state index in [1.807, 2.05) is 6.92 Å². The van der Waals surface area contributed by atoms with E-state index in [1.54, 1.807) is 24.5 Å². The molecule has 3 nitrogen and oxygen atoms in total. The normalized spacial score (nSPS) is 10.8. The summed E-state index contributed by atoms with van der Waals surface area (Å²) in [7, 11) is 0. The Morgan fingerprint density at radius 2 is 2.11 bits per heavy atom. The lowest BCUT2D eigenvalue weighted by Crippen LogP contribution is -2.02. The number of halogens is 1. The monoisotopic (exact) mass is 255 g/mol. The molecule has 0 bridgehead atoms. The smallest absolute Gasteiger partial charge is 0.228 e. The molecule has 0 fully saturated rings. The number of carbonyl (C=O) groups excluding carboxylic acids is 1. The predicted octanol–water partition coefficient (Wildman–Crippen LogP) is 3.51. The van der Waals surface area contributed by atoms with Gasteiger partial charge in [-0.1, -0.05) is 0 Å². The van der Waals surface area contributed by atoms with Crippen molar-refractivity contribution in [2.24, 2.45) is 0 Å². The highest BCUT2D eigenvalue weighted by molar-refractivity contribution is 6.09. The maximum atomic E-state index is 13.1. The van der Waals surface area contributed by atoms with Crippen LogP contribution in [0, 0.1) is 12.7 Å². The number of carbonyl (C=O) groups is 1. The minimum atomic E-state index is -0.354. The van der Waals surface area contributed by atoms with E-state index in [-0.39, 0.29) is 17.4 Å². The van der Waals surface area contributed by atoms with Crippen molar-refractivity contribution in [3.8, 4) is 0 Å². The van der Waals surface area contributed by atoms with Crippen LogP contribution < -0.4 is 0 Å². The maximum Gasteiger partial charge on any atom is 0.228 e. The van der Waals surface area contributed by atoms with Crippen LogP contribution >= 0.6 is 0 Å². The van der Waals surface area contributed by atoms with E-state index in [9.17, 15) is 9.18 Å². The molecule has 0 radical (unpaired) electrons. The first kappa shape index (κ1) is 11.6. The third-order valence-corrected chi connectivity index (χ3v) is 2.97. The van der Waals surface area contributed by atoms with Crippen LogP contribution in [0.25, 0.3) is 11.0 Å². The number of hydrogen-bond donors (Lipinski definition) is 0. The van der Waals surface area contributed by atoms with E-state index < -0.39 is 0 Å². The zero-order chi connectivity index (χ0) is 13.4. The van der Waals surface area contributed by atoms with E-state index in [0.717, 1.165) is 5.56 Å². The third kappa shape index (κ3) is 2.01. The number of pyridine rings is 1. The van der Waals surface area contributed by atoms with Crippen LogP contribution in [0.4, 0.5) is 4.39 Å². The lowest BCUT2D eigenvalue weighted by atomic mass is 10.1. The Kier molecular flexibility index (Phi) is 2.63. The number of furan rings is 1. The Morgan fingerprint density at radius 3 is 2.89 bits per heavy atom. The summed E-state index contributed by atoms with van der Waals surface area (Å²) in [5.74, 6) is -0.376. The number of aromatic nitrogens is 1. The minimum absolute atomic E-state index is 0.204. The van der Waals surface area contributed by atoms with Crippen molar-refractivity contribution in [2.45, 2.75) is 6.92 Å². The van der Waals surface area contributed by atoms with Crippen molar-refractivity contribution < 1.29 is 13.6 Å². The summed E-state index contributed by atoms with van der Waals surface area (Å²) in [6, 6.07) is 7.36. The van der Waals surface area contributed by atoms with Gasteiger partial charge in [-0.15, -0.1) is 0 Å². The number of fused-ring (bicyclic) bond motifs is 1. The molecule has 0 saturated carbocycles. The highest BCUT2D eigenvalue weighted by Gasteiger charge is 2.16. The van der Waals surface area contributed by atoms with Crippen molar-refractivity contribution in [1.29, 1.82) is 0 Å². The predicted molar refractivity (Wildman–Crippen MR) is 68.6 cm³/mol. The van der Waals surface area contributed by atoms with Gasteiger partial charge in [-0.25, -0.2) is 4.39 Å². The van der Waals surface area contributed by atoms with Crippen molar-refractivity contribution in [3.05, 3.63) is 65.4 Å². The van der Waals surface area contributed by atoms with E-state index in [4.69, 9.17) is 4.42 Å². The minimum Gasteiger partial charge on any atom is -0.453 e. The SMILES string of the molecule is Cc1cnccc1C(=O)c1cc2cc(F)ccc2o1. The fourth-order valence-electron chi connectivity index (χ4n) is 1.99. The Bertz CT molecular complexity index is 777. The van der Waals surface area contributed by atoms with Crippen LogP contribution in [0.15, 0.2) is 47.1 Å². The molecule has 0 atom stereocenters. The van der Waals surface area contributed by atoms with Crippen LogP contribution in [-0.4, -0.2) is 10.8 Å². The Labute approximate surface area is 108 Å². The van der Waals surface area contributed by atoms with E-state index in [1.165, 1.54) is 18.2 Å². The lowest BCUT2D eigenvalue weighted by molar-refractivity contribution is 0.101. The molecule has 4 heteroatoms. The zero-order valence-electron chi connectivity index (χ0n) is 10.2. The Hall–Kier alpha value is -2.49. The number of rotatable bonds is 2. The molecule has 94 valence electrons. The van der Waals surface area contributed by atoms with Gasteiger partial charge in [0.1, 0.15) is 11.4 Å². The third-order valence-electron chi connectivity index (χ3n) is 2.97. The fourth-order valence-corrected chi connectivity index (χ4v) is 1.99. The molecule has 0 saturated heterocycles. The summed E-state index contributed by atoms with van der Waals surface area (Å²) in [5, 5.41) is 0.579. The van der Waals surface area contributed by atoms with Crippen molar-refractivity contribution in [2.75, 3.05) is 0 Å². The first-order valence-corrected chi connectivity index (χ1v) is 5.79. The lowest BCUT2D eigenvalue weighted by Gasteiger charge is -2.00. The van der Waals surface area contributed by atoms with Crippen LogP contribution in [0.5, 0.6) is 0 Å². The van der Waals surface area contributed by atoms with Gasteiger partial charge in [-0.3, -0.25) is 9.78 Å². The summed E-state index contributed by atoms with van der Waals surface area (Å²) < 4.78 is 18.6. The largest absolute Gasteiger partial charge is 0.453 e. The number of benzene rings is 1. The summed E-state index contributed by atoms with van der Waals surface area (Å²) in [6.07, 6.45) is 3.18. The van der Waals surface area contributed by atoms with Crippen LogP contribution in [0.1, 0.15) is 21.7 Å². The molecule has 0 N–H and O–H groups in total. The van der Waals surface area contributed by atoms with Crippen LogP contribution in [0.2, 0.25) is 0 Å². The molecule has 3 rings (SSSR count). The molecule has 0 unspecified atom stereocenters. The van der Waals surface area contributed by atoms with Crippen molar-refractivity contribution in [3.63, 3.8) is 0 Å². The van der Waals surface area contributed by atoms with Crippen LogP contribution in [-0.2, 0) is 0 Å². The standard InChI is InChI=1S/C15H10FNO2/c1-9-8-17-5-4-12(9)15(18)14-7-10-6-11(16)2-3-13(10)19-14/h2-8H,1H3. The van der Waals surface area contributed by atoms with Gasteiger partial charge in [0.2, 0.25) is 5.78 Å². The highest BCUT2D eigenvalue weighted by Crippen LogP contribution is 2.23. The number of ketones is 1. The second kappa shape index (κ2) is 4.31. The summed E-state index contributed by atoms with van der Waals surface area (Å²) in [6.45, 7) is 1.81. The van der Waals surface area contributed by atoms with Gasteiger partial charge in [-0.2, -0.15) is 0 Å². The number of nitrogens with zero attached hydrogens (tertiary/aromatic N) is 1. The van der Waals surface area contributed by atoms with Gasteiger partial charge in [-0.05, 0) is 42.8 Å². The van der Waals surface area contributed by atoms with E-state index >= 15 is 0 Å². The van der Waals surface area contributed by atoms with Gasteiger partial charge in [0, 0.05) is 23.3 Å². The molecule has 0 aliphatic rings. The average Bonchev–Trinajstić information content (AvgIpc) is 2.81. The summed E-state index contributed by atoms with van der Waals surface area (Å²) in [5.41, 5.74) is 1.81. The molecule has 0 spiro atoms. The Balaban J connectivity index is 2.09. The van der Waals surface area contributed by atoms with Crippen LogP contribution in [0.3, 0.4) is 0 Å². The van der Waals surface area contributed by atoms with Gasteiger partial charge in [0.25, 0.3) is 0 Å². The molecule has 19 heavy (non-hydrogen) atoms. The molecular formula is C15H10FNO2. The first-order valence-electron chi connectivity index (χ1n) is 5.79. The van der Waals surface area contributed by atoms with E-state index in [0.29, 0.717) is 16.5 Å². The molecule has 0 aliphatic heterocycles. The molecule has 3 aromatic rings. The maximum absolute atomic E-state index is 13.1. The molecule has 0 aliphatic carbocycles. The van der Waals surface area contributed by atoms with Crippen molar-refractivity contribution in [1.82, 2.24) is 4.98 Å². The first-order chi connectivity index (χ1) is 9.15. The average molecular weight is 255 g/mol. The second-order valence-electron chi connectivity index (χ2n) is 4.31. The molecule has 2 aromatic heterocycles. The molecule has 0 amide bonds. The Morgan fingerprint density at radius 1 is 1.26 bits per heavy atom. The van der Waals surface area contributed by atoms with Crippen molar-refractivity contribution >= 4 is 16.8 Å².